The maximum Gasteiger partial charge on any atom is 0.0279 e. The summed E-state index contributed by atoms with van der Waals surface area (Å²) < 4.78 is 0. The van der Waals surface area contributed by atoms with Crippen LogP contribution in [0.25, 0.3) is 10.8 Å². The summed E-state index contributed by atoms with van der Waals surface area (Å²) in [7, 11) is 0. The van der Waals surface area contributed by atoms with Crippen LogP contribution < -0.4 is 0 Å². The van der Waals surface area contributed by atoms with Crippen molar-refractivity contribution in [1.29, 1.82) is 0 Å². The Balaban J connectivity index is -0.0000000750. The summed E-state index contributed by atoms with van der Waals surface area (Å²) in [6, 6.07) is 0. The van der Waals surface area contributed by atoms with Crippen molar-refractivity contribution in [3.05, 3.63) is 10.8 Å². The Morgan fingerprint density at radius 1 is 1.20 bits per heavy atom. The molecule has 0 aliphatic rings. The monoisotopic (exact) mass is 162 g/mol. The van der Waals surface area contributed by atoms with Gasteiger partial charge in [-0.25, -0.2) is 0 Å². The SMILES string of the molecule is CC(C)Cl.[N-]=C=O.[N-]=C=O. The minimum absolute atomic E-state index is 0.306. The third-order valence-corrected chi connectivity index (χ3v) is 0. The molecule has 0 amide bonds. The van der Waals surface area contributed by atoms with Crippen molar-refractivity contribution in [3.63, 3.8) is 0 Å². The first-order valence-corrected chi connectivity index (χ1v) is 2.66. The van der Waals surface area contributed by atoms with E-state index in [-0.39, 0.29) is 0 Å². The Hall–Kier alpha value is -0.950. The molecule has 5 heteroatoms. The molecule has 0 saturated heterocycles. The molecule has 0 fully saturated rings. The van der Waals surface area contributed by atoms with Gasteiger partial charge in [-0.3, -0.25) is 9.59 Å². The number of isocyanates is 2. The lowest BCUT2D eigenvalue weighted by molar-refractivity contribution is 0.568. The van der Waals surface area contributed by atoms with Crippen molar-refractivity contribution in [2.24, 2.45) is 0 Å². The van der Waals surface area contributed by atoms with Crippen LogP contribution in [0.15, 0.2) is 0 Å². The van der Waals surface area contributed by atoms with Crippen LogP contribution in [-0.2, 0) is 9.59 Å². The number of hydrogen-bond donors (Lipinski definition) is 0. The van der Waals surface area contributed by atoms with Crippen LogP contribution in [0.5, 0.6) is 0 Å². The van der Waals surface area contributed by atoms with Gasteiger partial charge in [0, 0.05) is 5.38 Å². The summed E-state index contributed by atoms with van der Waals surface area (Å²) in [4.78, 5) is 16.5. The molecule has 0 aliphatic heterocycles. The lowest BCUT2D eigenvalue weighted by Gasteiger charge is -1.76. The fraction of sp³-hybridized carbons (Fsp3) is 0.600. The summed E-state index contributed by atoms with van der Waals surface area (Å²) in [5.41, 5.74) is 0. The van der Waals surface area contributed by atoms with Crippen molar-refractivity contribution in [2.45, 2.75) is 19.2 Å². The van der Waals surface area contributed by atoms with Crippen molar-refractivity contribution in [3.8, 4) is 0 Å². The average molecular weight is 163 g/mol. The molecule has 0 atom stereocenters. The van der Waals surface area contributed by atoms with E-state index in [2.05, 4.69) is 0 Å². The lowest BCUT2D eigenvalue weighted by Crippen LogP contribution is -1.70. The molecular formula is C5H7ClN2O2-2. The van der Waals surface area contributed by atoms with Gasteiger partial charge in [-0.1, -0.05) is 0 Å². The van der Waals surface area contributed by atoms with Crippen molar-refractivity contribution in [2.75, 3.05) is 0 Å². The molecule has 0 N–H and O–H groups in total. The smallest absolute Gasteiger partial charge is 0.0279 e. The molecule has 0 heterocycles. The van der Waals surface area contributed by atoms with E-state index >= 15 is 0 Å². The van der Waals surface area contributed by atoms with E-state index in [0.29, 0.717) is 17.5 Å². The van der Waals surface area contributed by atoms with Crippen LogP contribution in [0, 0.1) is 0 Å². The maximum atomic E-state index is 8.24. The van der Waals surface area contributed by atoms with Crippen molar-refractivity contribution >= 4 is 23.8 Å². The predicted octanol–water partition coefficient (Wildman–Crippen LogP) is 1.42. The zero-order valence-corrected chi connectivity index (χ0v) is 6.42. The van der Waals surface area contributed by atoms with E-state index in [9.17, 15) is 0 Å². The standard InChI is InChI=1S/C3H7Cl.2CNO/c1-3(2)4;2*2-1-3/h3H,1-2H3;;/q;2*-1. The number of hydrogen-bond acceptors (Lipinski definition) is 2. The Labute approximate surface area is 64.2 Å². The third kappa shape index (κ3) is 286. The molecule has 0 rings (SSSR count). The van der Waals surface area contributed by atoms with Gasteiger partial charge in [0.1, 0.15) is 0 Å². The van der Waals surface area contributed by atoms with Crippen LogP contribution in [-0.4, -0.2) is 17.5 Å². The van der Waals surface area contributed by atoms with E-state index in [4.69, 9.17) is 32.0 Å². The molecular weight excluding hydrogens is 156 g/mol. The Kier molecular flexibility index (Phi) is 39.1. The van der Waals surface area contributed by atoms with E-state index in [1.54, 1.807) is 0 Å². The Bertz CT molecular complexity index is 98.1. The van der Waals surface area contributed by atoms with Gasteiger partial charge in [0.2, 0.25) is 0 Å². The minimum atomic E-state index is 0.306. The molecule has 0 unspecified atom stereocenters. The predicted molar refractivity (Wildman–Crippen MR) is 39.1 cm³/mol. The van der Waals surface area contributed by atoms with Gasteiger partial charge >= 0.3 is 0 Å². The number of halogens is 1. The molecule has 0 bridgehead atoms. The highest BCUT2D eigenvalue weighted by molar-refractivity contribution is 6.20. The molecule has 0 aliphatic carbocycles. The fourth-order valence-corrected chi connectivity index (χ4v) is 0. The van der Waals surface area contributed by atoms with E-state index in [1.165, 1.54) is 0 Å². The molecule has 0 radical (unpaired) electrons. The number of carbonyl (C=O) groups excluding carboxylic acids is 2. The molecule has 0 aromatic carbocycles. The van der Waals surface area contributed by atoms with Gasteiger partial charge in [0.25, 0.3) is 0 Å². The quantitative estimate of drug-likeness (QED) is 0.307. The lowest BCUT2D eigenvalue weighted by atomic mass is 10.6. The molecule has 58 valence electrons. The van der Waals surface area contributed by atoms with E-state index < -0.39 is 0 Å². The second kappa shape index (κ2) is 24.4. The van der Waals surface area contributed by atoms with Crippen molar-refractivity contribution in [1.82, 2.24) is 0 Å². The van der Waals surface area contributed by atoms with Crippen LogP contribution in [0.4, 0.5) is 0 Å². The number of alkyl halides is 1. The van der Waals surface area contributed by atoms with Crippen LogP contribution in [0.2, 0.25) is 0 Å². The van der Waals surface area contributed by atoms with Gasteiger partial charge in [0.05, 0.1) is 0 Å². The second-order valence-corrected chi connectivity index (χ2v) is 2.07. The molecule has 4 nitrogen and oxygen atoms in total. The van der Waals surface area contributed by atoms with Gasteiger partial charge < -0.3 is 10.8 Å². The first kappa shape index (κ1) is 16.0. The third-order valence-electron chi connectivity index (χ3n) is 0. The summed E-state index contributed by atoms with van der Waals surface area (Å²) >= 11 is 5.27. The normalized spacial score (nSPS) is 5.20. The van der Waals surface area contributed by atoms with Gasteiger partial charge in [-0.2, -0.15) is 0 Å². The van der Waals surface area contributed by atoms with Gasteiger partial charge in [0.15, 0.2) is 0 Å². The fourth-order valence-electron chi connectivity index (χ4n) is 0. The first-order chi connectivity index (χ1) is 4.56. The second-order valence-electron chi connectivity index (χ2n) is 1.20. The molecule has 0 aromatic rings. The molecule has 0 spiro atoms. The Morgan fingerprint density at radius 3 is 1.20 bits per heavy atom. The van der Waals surface area contributed by atoms with E-state index in [0.717, 1.165) is 0 Å². The molecule has 0 aromatic heterocycles. The topological polar surface area (TPSA) is 78.7 Å². The first-order valence-electron chi connectivity index (χ1n) is 2.23. The van der Waals surface area contributed by atoms with E-state index in [1.807, 2.05) is 13.8 Å². The summed E-state index contributed by atoms with van der Waals surface area (Å²) in [5, 5.41) is 13.8. The highest BCUT2D eigenvalue weighted by Gasteiger charge is 1.71. The average Bonchev–Trinajstić information content (AvgIpc) is 1.65. The number of rotatable bonds is 0. The summed E-state index contributed by atoms with van der Waals surface area (Å²) in [6.45, 7) is 3.86. The molecule has 0 saturated carbocycles. The van der Waals surface area contributed by atoms with Gasteiger partial charge in [-0.05, 0) is 26.0 Å². The zero-order chi connectivity index (χ0) is 8.99. The van der Waals surface area contributed by atoms with Crippen LogP contribution >= 0.6 is 11.6 Å². The molecule has 10 heavy (non-hydrogen) atoms. The highest BCUT2D eigenvalue weighted by atomic mass is 35.5. The van der Waals surface area contributed by atoms with Gasteiger partial charge in [-0.15, -0.1) is 11.6 Å². The van der Waals surface area contributed by atoms with Crippen molar-refractivity contribution < 1.29 is 9.59 Å². The number of nitrogens with zero attached hydrogens (tertiary/aromatic N) is 2. The highest BCUT2D eigenvalue weighted by Crippen LogP contribution is 1.84. The zero-order valence-electron chi connectivity index (χ0n) is 5.67. The minimum Gasteiger partial charge on any atom is -0.724 e. The maximum absolute atomic E-state index is 8.24. The van der Waals surface area contributed by atoms with Crippen LogP contribution in [0.1, 0.15) is 13.8 Å². The largest absolute Gasteiger partial charge is 0.724 e. The summed E-state index contributed by atoms with van der Waals surface area (Å²) in [6.07, 6.45) is 1.00. The van der Waals surface area contributed by atoms with Crippen LogP contribution in [0.3, 0.4) is 0 Å². The summed E-state index contributed by atoms with van der Waals surface area (Å²) in [5.74, 6) is 0. The Morgan fingerprint density at radius 2 is 1.20 bits per heavy atom.